The van der Waals surface area contributed by atoms with E-state index in [0.29, 0.717) is 41.8 Å². The van der Waals surface area contributed by atoms with Crippen molar-refractivity contribution in [1.29, 1.82) is 0 Å². The van der Waals surface area contributed by atoms with E-state index in [1.165, 1.54) is 6.07 Å². The molecule has 0 unspecified atom stereocenters. The van der Waals surface area contributed by atoms with Crippen LogP contribution in [-0.2, 0) is 24.9 Å². The Morgan fingerprint density at radius 1 is 1.17 bits per heavy atom. The van der Waals surface area contributed by atoms with E-state index in [1.807, 2.05) is 0 Å². The number of fused-ring (bicyclic) bond motifs is 1. The lowest BCUT2D eigenvalue weighted by Crippen LogP contribution is -2.46. The van der Waals surface area contributed by atoms with Gasteiger partial charge in [0.05, 0.1) is 24.5 Å². The maximum Gasteiger partial charge on any atom is 0.332 e. The first-order valence-electron chi connectivity index (χ1n) is 9.14. The van der Waals surface area contributed by atoms with Gasteiger partial charge in [-0.15, -0.1) is 0 Å². The van der Waals surface area contributed by atoms with Crippen molar-refractivity contribution >= 4 is 31.8 Å². The summed E-state index contributed by atoms with van der Waals surface area (Å²) < 4.78 is 56.5. The smallest absolute Gasteiger partial charge is 0.332 e. The van der Waals surface area contributed by atoms with Gasteiger partial charge in [-0.25, -0.2) is 4.39 Å². The van der Waals surface area contributed by atoms with Gasteiger partial charge in [0.25, 0.3) is 0 Å². The molecule has 2 aliphatic heterocycles. The summed E-state index contributed by atoms with van der Waals surface area (Å²) in [7, 11) is -3.98. The van der Waals surface area contributed by atoms with Crippen molar-refractivity contribution < 1.29 is 26.6 Å². The fourth-order valence-electron chi connectivity index (χ4n) is 3.58. The monoisotopic (exact) mass is 483 g/mol. The molecule has 1 saturated heterocycles. The normalized spacial score (nSPS) is 19.6. The molecule has 1 spiro atoms. The second-order valence-electron chi connectivity index (χ2n) is 7.14. The Morgan fingerprint density at radius 3 is 2.62 bits per heavy atom. The zero-order valence-corrected chi connectivity index (χ0v) is 17.8. The fourth-order valence-corrected chi connectivity index (χ4v) is 4.85. The maximum atomic E-state index is 14.7. The summed E-state index contributed by atoms with van der Waals surface area (Å²) in [6.07, 6.45) is 1.43. The van der Waals surface area contributed by atoms with Crippen molar-refractivity contribution in [2.75, 3.05) is 13.2 Å². The van der Waals surface area contributed by atoms with E-state index < -0.39 is 21.5 Å². The number of benzene rings is 2. The van der Waals surface area contributed by atoms with E-state index in [9.17, 15) is 12.8 Å². The van der Waals surface area contributed by atoms with Gasteiger partial charge in [-0.3, -0.25) is 4.28 Å². The van der Waals surface area contributed by atoms with Crippen LogP contribution in [0.3, 0.4) is 0 Å². The first kappa shape index (κ1) is 20.3. The van der Waals surface area contributed by atoms with Crippen LogP contribution in [0.1, 0.15) is 30.4 Å². The molecular weight excluding hydrogens is 465 g/mol. The van der Waals surface area contributed by atoms with Crippen molar-refractivity contribution in [2.24, 2.45) is 5.16 Å². The average molecular weight is 484 g/mol. The largest absolute Gasteiger partial charge is 0.486 e. The molecule has 6 nitrogen and oxygen atoms in total. The molecule has 0 N–H and O–H groups in total. The molecular formula is C20H19BrFNO5S. The van der Waals surface area contributed by atoms with Crippen molar-refractivity contribution in [3.05, 3.63) is 63.9 Å². The van der Waals surface area contributed by atoms with Crippen LogP contribution in [0, 0.1) is 5.82 Å². The third-order valence-corrected chi connectivity index (χ3v) is 6.42. The molecule has 2 aromatic carbocycles. The Morgan fingerprint density at radius 2 is 1.90 bits per heavy atom. The minimum absolute atomic E-state index is 0.125. The highest BCUT2D eigenvalue weighted by Gasteiger charge is 2.42. The molecule has 2 aromatic rings. The first-order chi connectivity index (χ1) is 13.9. The zero-order valence-electron chi connectivity index (χ0n) is 15.4. The predicted octanol–water partition coefficient (Wildman–Crippen LogP) is 4.17. The van der Waals surface area contributed by atoms with Crippen molar-refractivity contribution in [2.45, 2.75) is 30.6 Å². The average Bonchev–Trinajstić information content (AvgIpc) is 2.66. The molecule has 1 fully saturated rings. The third-order valence-electron chi connectivity index (χ3n) is 4.97. The Hall–Kier alpha value is -1.97. The van der Waals surface area contributed by atoms with Crippen LogP contribution in [0.25, 0.3) is 0 Å². The van der Waals surface area contributed by atoms with E-state index in [2.05, 4.69) is 21.1 Å². The summed E-state index contributed by atoms with van der Waals surface area (Å²) in [4.78, 5) is 0. The molecule has 0 atom stereocenters. The Balaban J connectivity index is 1.66. The Kier molecular flexibility index (Phi) is 5.63. The van der Waals surface area contributed by atoms with E-state index >= 15 is 0 Å². The van der Waals surface area contributed by atoms with Crippen LogP contribution in [-0.4, -0.2) is 32.9 Å². The predicted molar refractivity (Wildman–Crippen MR) is 109 cm³/mol. The van der Waals surface area contributed by atoms with Gasteiger partial charge in [0.2, 0.25) is 0 Å². The third kappa shape index (κ3) is 4.62. The van der Waals surface area contributed by atoms with Crippen molar-refractivity contribution in [1.82, 2.24) is 0 Å². The summed E-state index contributed by atoms with van der Waals surface area (Å²) in [6, 6.07) is 11.6. The van der Waals surface area contributed by atoms with Crippen LogP contribution in [0.15, 0.2) is 52.1 Å². The lowest BCUT2D eigenvalue weighted by Gasteiger charge is -2.41. The van der Waals surface area contributed by atoms with Crippen LogP contribution >= 0.6 is 15.9 Å². The summed E-state index contributed by atoms with van der Waals surface area (Å²) in [5, 5.41) is 3.89. The van der Waals surface area contributed by atoms with Crippen LogP contribution in [0.4, 0.5) is 4.39 Å². The number of halogens is 2. The molecule has 0 aliphatic carbocycles. The highest BCUT2D eigenvalue weighted by molar-refractivity contribution is 9.10. The standard InChI is InChI=1S/C20H19BrFNO5S/c21-15-10-16(22)19-17(12-20(27-18(19)11-15)6-8-26-9-7-20)23-28-29(24,25)13-14-4-2-1-3-5-14/h1-5,10-11H,6-9,12-13H2/b23-17+. The Bertz CT molecular complexity index is 1040. The molecule has 2 aliphatic rings. The highest BCUT2D eigenvalue weighted by atomic mass is 79.9. The zero-order chi connectivity index (χ0) is 20.5. The molecule has 0 saturated carbocycles. The molecule has 4 rings (SSSR count). The van der Waals surface area contributed by atoms with Gasteiger partial charge >= 0.3 is 10.1 Å². The second kappa shape index (κ2) is 8.04. The fraction of sp³-hybridized carbons (Fsp3) is 0.350. The SMILES string of the molecule is O=S(=O)(Cc1ccccc1)O/N=C1\CC2(CCOCC2)Oc2cc(Br)cc(F)c21. The number of nitrogens with zero attached hydrogens (tertiary/aromatic N) is 1. The molecule has 29 heavy (non-hydrogen) atoms. The number of oxime groups is 1. The second-order valence-corrected chi connectivity index (χ2v) is 9.60. The summed E-state index contributed by atoms with van der Waals surface area (Å²) >= 11 is 3.27. The minimum atomic E-state index is -3.98. The van der Waals surface area contributed by atoms with E-state index in [4.69, 9.17) is 13.8 Å². The van der Waals surface area contributed by atoms with Gasteiger partial charge in [-0.1, -0.05) is 51.4 Å². The molecule has 9 heteroatoms. The molecule has 2 heterocycles. The highest BCUT2D eigenvalue weighted by Crippen LogP contribution is 2.41. The van der Waals surface area contributed by atoms with Gasteiger partial charge in [0.15, 0.2) is 0 Å². The van der Waals surface area contributed by atoms with Gasteiger partial charge in [-0.05, 0) is 17.7 Å². The van der Waals surface area contributed by atoms with Gasteiger partial charge in [0, 0.05) is 23.7 Å². The van der Waals surface area contributed by atoms with Crippen LogP contribution in [0.5, 0.6) is 5.75 Å². The van der Waals surface area contributed by atoms with Gasteiger partial charge in [0.1, 0.15) is 22.9 Å². The maximum absolute atomic E-state index is 14.7. The van der Waals surface area contributed by atoms with E-state index in [1.54, 1.807) is 36.4 Å². The number of rotatable bonds is 4. The van der Waals surface area contributed by atoms with E-state index in [-0.39, 0.29) is 23.4 Å². The summed E-state index contributed by atoms with van der Waals surface area (Å²) in [5.74, 6) is -0.567. The molecule has 0 aromatic heterocycles. The number of hydrogen-bond acceptors (Lipinski definition) is 6. The first-order valence-corrected chi connectivity index (χ1v) is 11.5. The molecule has 154 valence electrons. The lowest BCUT2D eigenvalue weighted by molar-refractivity contribution is -0.0447. The summed E-state index contributed by atoms with van der Waals surface area (Å²) in [6.45, 7) is 1.01. The van der Waals surface area contributed by atoms with Gasteiger partial charge in [-0.2, -0.15) is 8.42 Å². The number of hydrogen-bond donors (Lipinski definition) is 0. The van der Waals surface area contributed by atoms with Gasteiger partial charge < -0.3 is 9.47 Å². The number of ether oxygens (including phenoxy) is 2. The minimum Gasteiger partial charge on any atom is -0.486 e. The van der Waals surface area contributed by atoms with E-state index in [0.717, 1.165) is 0 Å². The topological polar surface area (TPSA) is 74.2 Å². The molecule has 0 bridgehead atoms. The quantitative estimate of drug-likeness (QED) is 0.610. The van der Waals surface area contributed by atoms with Crippen molar-refractivity contribution in [3.8, 4) is 5.75 Å². The Labute approximate surface area is 176 Å². The summed E-state index contributed by atoms with van der Waals surface area (Å²) in [5.41, 5.74) is 0.301. The van der Waals surface area contributed by atoms with Crippen molar-refractivity contribution in [3.63, 3.8) is 0 Å². The molecule has 0 amide bonds. The lowest BCUT2D eigenvalue weighted by atomic mass is 9.83. The van der Waals surface area contributed by atoms with Crippen LogP contribution < -0.4 is 4.74 Å². The molecule has 0 radical (unpaired) electrons. The van der Waals surface area contributed by atoms with Crippen LogP contribution in [0.2, 0.25) is 0 Å².